The summed E-state index contributed by atoms with van der Waals surface area (Å²) in [5, 5.41) is 9.03. The Bertz CT molecular complexity index is 1010. The Morgan fingerprint density at radius 2 is 1.31 bits per heavy atom. The van der Waals surface area contributed by atoms with Crippen molar-refractivity contribution in [3.63, 3.8) is 0 Å². The number of nitriles is 1. The van der Waals surface area contributed by atoms with Crippen LogP contribution in [0.5, 0.6) is 11.5 Å². The van der Waals surface area contributed by atoms with E-state index in [0.717, 1.165) is 36.7 Å². The zero-order chi connectivity index (χ0) is 20.1. The molecule has 0 saturated heterocycles. The molecule has 0 aliphatic carbocycles. The highest BCUT2D eigenvalue weighted by Crippen LogP contribution is 2.33. The monoisotopic (exact) mass is 385 g/mol. The molecule has 0 fully saturated rings. The Hall–Kier alpha value is -3.33. The van der Waals surface area contributed by atoms with Gasteiger partial charge < -0.3 is 15.2 Å². The summed E-state index contributed by atoms with van der Waals surface area (Å²) in [5.74, 6) is 1.60. The van der Waals surface area contributed by atoms with Crippen molar-refractivity contribution >= 4 is 0 Å². The molecule has 1 aliphatic rings. The number of rotatable bonds is 7. The van der Waals surface area contributed by atoms with Crippen LogP contribution in [0.3, 0.4) is 0 Å². The smallest absolute Gasteiger partial charge is 0.231 e. The van der Waals surface area contributed by atoms with Crippen LogP contribution in [0, 0.1) is 11.3 Å². The minimum Gasteiger partial charge on any atom is -0.454 e. The van der Waals surface area contributed by atoms with Gasteiger partial charge in [-0.05, 0) is 46.5 Å². The highest BCUT2D eigenvalue weighted by molar-refractivity contribution is 5.44. The molecule has 0 aromatic heterocycles. The summed E-state index contributed by atoms with van der Waals surface area (Å²) in [4.78, 5) is 2.37. The second-order valence-corrected chi connectivity index (χ2v) is 7.16. The summed E-state index contributed by atoms with van der Waals surface area (Å²) in [6.45, 7) is 3.18. The first-order chi connectivity index (χ1) is 14.2. The zero-order valence-corrected chi connectivity index (χ0v) is 16.2. The SMILES string of the molecule is N#Cc1ccc(CN(Cc2ccc(CN)cc2)Cc2ccc3c(c2)OCO3)cc1. The van der Waals surface area contributed by atoms with E-state index >= 15 is 0 Å². The third-order valence-electron chi connectivity index (χ3n) is 5.00. The van der Waals surface area contributed by atoms with E-state index in [1.165, 1.54) is 16.7 Å². The van der Waals surface area contributed by atoms with Crippen molar-refractivity contribution < 1.29 is 9.47 Å². The minimum absolute atomic E-state index is 0.279. The Labute approximate surface area is 170 Å². The van der Waals surface area contributed by atoms with Gasteiger partial charge in [-0.15, -0.1) is 0 Å². The van der Waals surface area contributed by atoms with Gasteiger partial charge in [-0.3, -0.25) is 4.90 Å². The molecule has 146 valence electrons. The highest BCUT2D eigenvalue weighted by atomic mass is 16.7. The Kier molecular flexibility index (Phi) is 5.76. The lowest BCUT2D eigenvalue weighted by Gasteiger charge is -2.23. The molecule has 0 unspecified atom stereocenters. The number of ether oxygens (including phenoxy) is 2. The van der Waals surface area contributed by atoms with Crippen molar-refractivity contribution in [2.75, 3.05) is 6.79 Å². The van der Waals surface area contributed by atoms with E-state index in [1.807, 2.05) is 36.4 Å². The van der Waals surface area contributed by atoms with Gasteiger partial charge >= 0.3 is 0 Å². The van der Waals surface area contributed by atoms with Crippen molar-refractivity contribution in [2.45, 2.75) is 26.2 Å². The molecular formula is C24H23N3O2. The molecule has 29 heavy (non-hydrogen) atoms. The van der Waals surface area contributed by atoms with Crippen LogP contribution in [0.1, 0.15) is 27.8 Å². The Balaban J connectivity index is 1.54. The maximum Gasteiger partial charge on any atom is 0.231 e. The van der Waals surface area contributed by atoms with E-state index < -0.39 is 0 Å². The lowest BCUT2D eigenvalue weighted by Crippen LogP contribution is -2.22. The summed E-state index contributed by atoms with van der Waals surface area (Å²) >= 11 is 0. The second kappa shape index (κ2) is 8.78. The van der Waals surface area contributed by atoms with Gasteiger partial charge in [0.25, 0.3) is 0 Å². The van der Waals surface area contributed by atoms with Crippen LogP contribution in [0.2, 0.25) is 0 Å². The van der Waals surface area contributed by atoms with E-state index in [0.29, 0.717) is 12.1 Å². The molecule has 5 nitrogen and oxygen atoms in total. The van der Waals surface area contributed by atoms with Crippen molar-refractivity contribution in [3.8, 4) is 17.6 Å². The molecule has 0 atom stereocenters. The molecule has 0 saturated carbocycles. The summed E-state index contributed by atoms with van der Waals surface area (Å²) < 4.78 is 10.9. The predicted octanol–water partition coefficient (Wildman–Crippen LogP) is 3.95. The predicted molar refractivity (Wildman–Crippen MR) is 111 cm³/mol. The fraction of sp³-hybridized carbons (Fsp3) is 0.208. The first kappa shape index (κ1) is 19.0. The average molecular weight is 385 g/mol. The van der Waals surface area contributed by atoms with Gasteiger partial charge in [-0.1, -0.05) is 42.5 Å². The lowest BCUT2D eigenvalue weighted by molar-refractivity contribution is 0.174. The van der Waals surface area contributed by atoms with Crippen LogP contribution in [-0.2, 0) is 26.2 Å². The molecule has 1 aliphatic heterocycles. The molecule has 0 radical (unpaired) electrons. The van der Waals surface area contributed by atoms with Crippen LogP contribution in [-0.4, -0.2) is 11.7 Å². The van der Waals surface area contributed by atoms with E-state index in [9.17, 15) is 0 Å². The molecule has 3 aromatic carbocycles. The summed E-state index contributed by atoms with van der Waals surface area (Å²) in [6, 6.07) is 24.5. The first-order valence-electron chi connectivity index (χ1n) is 9.61. The molecule has 2 N–H and O–H groups in total. The van der Waals surface area contributed by atoms with Gasteiger partial charge in [-0.25, -0.2) is 0 Å². The first-order valence-corrected chi connectivity index (χ1v) is 9.61. The molecule has 0 bridgehead atoms. The van der Waals surface area contributed by atoms with E-state index in [4.69, 9.17) is 20.5 Å². The minimum atomic E-state index is 0.279. The molecular weight excluding hydrogens is 362 g/mol. The summed E-state index contributed by atoms with van der Waals surface area (Å²) in [5.41, 5.74) is 11.1. The third-order valence-corrected chi connectivity index (χ3v) is 5.00. The number of benzene rings is 3. The van der Waals surface area contributed by atoms with Crippen molar-refractivity contribution in [1.82, 2.24) is 4.90 Å². The number of nitrogens with zero attached hydrogens (tertiary/aromatic N) is 2. The van der Waals surface area contributed by atoms with Gasteiger partial charge in [0.05, 0.1) is 11.6 Å². The number of nitrogens with two attached hydrogens (primary N) is 1. The van der Waals surface area contributed by atoms with Gasteiger partial charge in [0.2, 0.25) is 6.79 Å². The van der Waals surface area contributed by atoms with Crippen LogP contribution in [0.15, 0.2) is 66.7 Å². The highest BCUT2D eigenvalue weighted by Gasteiger charge is 2.15. The summed E-state index contributed by atoms with van der Waals surface area (Å²) in [6.07, 6.45) is 0. The maximum atomic E-state index is 9.03. The molecule has 5 heteroatoms. The molecule has 1 heterocycles. The zero-order valence-electron chi connectivity index (χ0n) is 16.2. The normalized spacial score (nSPS) is 12.2. The number of hydrogen-bond acceptors (Lipinski definition) is 5. The van der Waals surface area contributed by atoms with Crippen LogP contribution in [0.4, 0.5) is 0 Å². The van der Waals surface area contributed by atoms with Crippen molar-refractivity contribution in [3.05, 3.63) is 94.5 Å². The Morgan fingerprint density at radius 1 is 0.759 bits per heavy atom. The average Bonchev–Trinajstić information content (AvgIpc) is 3.23. The molecule has 3 aromatic rings. The molecule has 0 amide bonds. The second-order valence-electron chi connectivity index (χ2n) is 7.16. The van der Waals surface area contributed by atoms with Gasteiger partial charge in [0.1, 0.15) is 0 Å². The quantitative estimate of drug-likeness (QED) is 0.667. The number of hydrogen-bond donors (Lipinski definition) is 1. The Morgan fingerprint density at radius 3 is 1.97 bits per heavy atom. The van der Waals surface area contributed by atoms with E-state index in [2.05, 4.69) is 41.3 Å². The standard InChI is InChI=1S/C24H23N3O2/c25-12-18-1-5-20(6-2-18)14-27(15-21-7-3-19(13-26)4-8-21)16-22-9-10-23-24(11-22)29-17-28-23/h1-11H,12,14-17,25H2. The largest absolute Gasteiger partial charge is 0.454 e. The third kappa shape index (κ3) is 4.75. The van der Waals surface area contributed by atoms with Gasteiger partial charge in [-0.2, -0.15) is 5.26 Å². The van der Waals surface area contributed by atoms with Gasteiger partial charge in [0.15, 0.2) is 11.5 Å². The van der Waals surface area contributed by atoms with E-state index in [-0.39, 0.29) is 6.79 Å². The van der Waals surface area contributed by atoms with Crippen molar-refractivity contribution in [2.24, 2.45) is 5.73 Å². The van der Waals surface area contributed by atoms with Crippen molar-refractivity contribution in [1.29, 1.82) is 5.26 Å². The maximum absolute atomic E-state index is 9.03. The lowest BCUT2D eigenvalue weighted by atomic mass is 10.1. The number of fused-ring (bicyclic) bond motifs is 1. The fourth-order valence-corrected chi connectivity index (χ4v) is 3.45. The van der Waals surface area contributed by atoms with Gasteiger partial charge in [0, 0.05) is 26.2 Å². The van der Waals surface area contributed by atoms with Crippen LogP contribution < -0.4 is 15.2 Å². The van der Waals surface area contributed by atoms with Crippen LogP contribution in [0.25, 0.3) is 0 Å². The van der Waals surface area contributed by atoms with E-state index in [1.54, 1.807) is 0 Å². The fourth-order valence-electron chi connectivity index (χ4n) is 3.45. The molecule has 0 spiro atoms. The topological polar surface area (TPSA) is 71.5 Å². The molecule has 4 rings (SSSR count). The van der Waals surface area contributed by atoms with Crippen LogP contribution >= 0.6 is 0 Å². The summed E-state index contributed by atoms with van der Waals surface area (Å²) in [7, 11) is 0.